The zero-order valence-electron chi connectivity index (χ0n) is 15.8. The van der Waals surface area contributed by atoms with Crippen LogP contribution in [-0.2, 0) is 0 Å². The topological polar surface area (TPSA) is 129 Å². The van der Waals surface area contributed by atoms with E-state index in [4.69, 9.17) is 0 Å². The molecule has 2 aromatic heterocycles. The summed E-state index contributed by atoms with van der Waals surface area (Å²) >= 11 is 0. The van der Waals surface area contributed by atoms with Crippen LogP contribution in [0, 0.1) is 6.92 Å². The summed E-state index contributed by atoms with van der Waals surface area (Å²) < 4.78 is 1.00. The van der Waals surface area contributed by atoms with E-state index < -0.39 is 23.0 Å². The molecule has 0 atom stereocenters. The minimum Gasteiger partial charge on any atom is -0.493 e. The molecule has 9 nitrogen and oxygen atoms in total. The fraction of sp³-hybridized carbons (Fsp3) is 0.150. The maximum atomic E-state index is 12.4. The minimum atomic E-state index is -0.795. The number of aryl methyl sites for hydroxylation is 1. The van der Waals surface area contributed by atoms with Crippen molar-refractivity contribution in [2.45, 2.75) is 20.3 Å². The molecule has 0 radical (unpaired) electrons. The Labute approximate surface area is 165 Å². The number of aromatic amines is 1. The van der Waals surface area contributed by atoms with E-state index in [-0.39, 0.29) is 17.7 Å². The van der Waals surface area contributed by atoms with Crippen molar-refractivity contribution in [1.29, 1.82) is 0 Å². The van der Waals surface area contributed by atoms with Crippen molar-refractivity contribution in [2.24, 2.45) is 5.10 Å². The van der Waals surface area contributed by atoms with Crippen LogP contribution in [0.1, 0.15) is 34.8 Å². The summed E-state index contributed by atoms with van der Waals surface area (Å²) in [5, 5.41) is 14.8. The number of H-pyrrole nitrogens is 1. The third-order valence-corrected chi connectivity index (χ3v) is 4.30. The molecule has 3 N–H and O–H groups in total. The molecular formula is C20H19N5O4. The molecule has 148 valence electrons. The molecule has 9 heteroatoms. The third kappa shape index (κ3) is 3.98. The molecule has 0 aliphatic carbocycles. The molecule has 3 aromatic rings. The Hall–Kier alpha value is -4.01. The number of nitrogens with one attached hydrogen (secondary N) is 2. The van der Waals surface area contributed by atoms with E-state index in [2.05, 4.69) is 20.5 Å². The quantitative estimate of drug-likeness (QED) is 0.447. The number of aromatic nitrogens is 3. The normalized spacial score (nSPS) is 11.3. The monoisotopic (exact) mass is 393 g/mol. The van der Waals surface area contributed by atoms with Gasteiger partial charge in [-0.25, -0.2) is 14.8 Å². The van der Waals surface area contributed by atoms with Crippen LogP contribution in [0.3, 0.4) is 0 Å². The van der Waals surface area contributed by atoms with Crippen molar-refractivity contribution in [3.8, 4) is 11.6 Å². The number of hydrogen-bond donors (Lipinski definition) is 3. The predicted molar refractivity (Wildman–Crippen MR) is 108 cm³/mol. The van der Waals surface area contributed by atoms with Crippen molar-refractivity contribution in [2.75, 3.05) is 0 Å². The number of nitrogens with zero attached hydrogens (tertiary/aromatic N) is 3. The van der Waals surface area contributed by atoms with Crippen LogP contribution in [0.25, 0.3) is 5.69 Å². The minimum absolute atomic E-state index is 0.119. The summed E-state index contributed by atoms with van der Waals surface area (Å²) in [7, 11) is 0. The molecule has 29 heavy (non-hydrogen) atoms. The van der Waals surface area contributed by atoms with Crippen molar-refractivity contribution >= 4 is 11.6 Å². The van der Waals surface area contributed by atoms with E-state index in [1.807, 2.05) is 0 Å². The number of carbonyl (C=O) groups is 1. The van der Waals surface area contributed by atoms with Crippen molar-refractivity contribution in [3.63, 3.8) is 0 Å². The smallest absolute Gasteiger partial charge is 0.335 e. The highest BCUT2D eigenvalue weighted by molar-refractivity contribution is 6.03. The van der Waals surface area contributed by atoms with E-state index in [1.165, 1.54) is 24.5 Å². The SMILES string of the molecule is CC/C(=N/NC(=O)c1ccncc1)c1c(O)n(-c2ccccc2C)c(=O)[nH]c1=O. The molecule has 3 rings (SSSR count). The van der Waals surface area contributed by atoms with E-state index in [0.29, 0.717) is 11.3 Å². The lowest BCUT2D eigenvalue weighted by atomic mass is 10.1. The van der Waals surface area contributed by atoms with Gasteiger partial charge in [0, 0.05) is 18.0 Å². The average molecular weight is 393 g/mol. The number of aromatic hydroxyl groups is 1. The fourth-order valence-corrected chi connectivity index (χ4v) is 2.82. The standard InChI is InChI=1S/C20H19N5O4/c1-3-14(23-24-17(26)13-8-10-21-11-9-13)16-18(27)22-20(29)25(19(16)28)15-7-5-4-6-12(15)2/h4-11,28H,3H2,1-2H3,(H,24,26)(H,22,27,29)/b23-14-. The summed E-state index contributed by atoms with van der Waals surface area (Å²) in [6.07, 6.45) is 3.15. The van der Waals surface area contributed by atoms with Gasteiger partial charge in [-0.05, 0) is 37.1 Å². The molecule has 0 fully saturated rings. The Bertz CT molecular complexity index is 1200. The van der Waals surface area contributed by atoms with Gasteiger partial charge in [0.05, 0.1) is 11.4 Å². The van der Waals surface area contributed by atoms with Gasteiger partial charge in [-0.1, -0.05) is 25.1 Å². The number of amides is 1. The third-order valence-electron chi connectivity index (χ3n) is 4.30. The lowest BCUT2D eigenvalue weighted by molar-refractivity contribution is 0.0954. The Morgan fingerprint density at radius 1 is 1.21 bits per heavy atom. The number of rotatable bonds is 5. The van der Waals surface area contributed by atoms with Crippen molar-refractivity contribution in [1.82, 2.24) is 20.0 Å². The Kier molecular flexibility index (Phi) is 5.68. The van der Waals surface area contributed by atoms with Gasteiger partial charge in [-0.3, -0.25) is 19.6 Å². The van der Waals surface area contributed by atoms with Crippen LogP contribution in [0.2, 0.25) is 0 Å². The van der Waals surface area contributed by atoms with Crippen LogP contribution in [0.5, 0.6) is 5.88 Å². The second-order valence-electron chi connectivity index (χ2n) is 6.17. The summed E-state index contributed by atoms with van der Waals surface area (Å²) in [5.41, 5.74) is 2.20. The largest absolute Gasteiger partial charge is 0.493 e. The lowest BCUT2D eigenvalue weighted by Crippen LogP contribution is -2.34. The first-order valence-corrected chi connectivity index (χ1v) is 8.85. The van der Waals surface area contributed by atoms with Crippen LogP contribution in [0.15, 0.2) is 63.5 Å². The van der Waals surface area contributed by atoms with Gasteiger partial charge in [0.2, 0.25) is 5.88 Å². The molecule has 0 saturated carbocycles. The highest BCUT2D eigenvalue weighted by Crippen LogP contribution is 2.20. The molecule has 0 spiro atoms. The second kappa shape index (κ2) is 8.34. The van der Waals surface area contributed by atoms with Gasteiger partial charge >= 0.3 is 5.69 Å². The van der Waals surface area contributed by atoms with E-state index >= 15 is 0 Å². The molecule has 0 bridgehead atoms. The Morgan fingerprint density at radius 2 is 1.90 bits per heavy atom. The number of hydrazone groups is 1. The molecular weight excluding hydrogens is 374 g/mol. The first-order valence-electron chi connectivity index (χ1n) is 8.85. The van der Waals surface area contributed by atoms with E-state index in [1.54, 1.807) is 38.1 Å². The molecule has 0 saturated heterocycles. The van der Waals surface area contributed by atoms with Gasteiger partial charge in [0.25, 0.3) is 11.5 Å². The second-order valence-corrected chi connectivity index (χ2v) is 6.17. The lowest BCUT2D eigenvalue weighted by Gasteiger charge is -2.14. The van der Waals surface area contributed by atoms with Crippen LogP contribution < -0.4 is 16.7 Å². The van der Waals surface area contributed by atoms with E-state index in [0.717, 1.165) is 10.1 Å². The highest BCUT2D eigenvalue weighted by Gasteiger charge is 2.20. The molecule has 2 heterocycles. The van der Waals surface area contributed by atoms with Gasteiger partial charge in [-0.15, -0.1) is 0 Å². The van der Waals surface area contributed by atoms with Crippen LogP contribution in [0.4, 0.5) is 0 Å². The highest BCUT2D eigenvalue weighted by atomic mass is 16.3. The van der Waals surface area contributed by atoms with Gasteiger partial charge in [0.15, 0.2) is 0 Å². The molecule has 0 aliphatic rings. The summed E-state index contributed by atoms with van der Waals surface area (Å²) in [6, 6.07) is 9.95. The first kappa shape index (κ1) is 19.7. The first-order chi connectivity index (χ1) is 13.9. The van der Waals surface area contributed by atoms with E-state index in [9.17, 15) is 19.5 Å². The maximum absolute atomic E-state index is 12.4. The summed E-state index contributed by atoms with van der Waals surface area (Å²) in [4.78, 5) is 43.0. The predicted octanol–water partition coefficient (Wildman–Crippen LogP) is 1.48. The Morgan fingerprint density at radius 3 is 2.55 bits per heavy atom. The van der Waals surface area contributed by atoms with Crippen LogP contribution in [-0.4, -0.2) is 31.3 Å². The van der Waals surface area contributed by atoms with Gasteiger partial charge < -0.3 is 5.11 Å². The summed E-state index contributed by atoms with van der Waals surface area (Å²) in [6.45, 7) is 3.48. The number of para-hydroxylation sites is 1. The summed E-state index contributed by atoms with van der Waals surface area (Å²) in [5.74, 6) is -1.05. The molecule has 1 amide bonds. The van der Waals surface area contributed by atoms with Gasteiger partial charge in [0.1, 0.15) is 5.56 Å². The van der Waals surface area contributed by atoms with Crippen LogP contribution >= 0.6 is 0 Å². The number of benzene rings is 1. The van der Waals surface area contributed by atoms with Gasteiger partial charge in [-0.2, -0.15) is 5.10 Å². The van der Waals surface area contributed by atoms with Crippen molar-refractivity contribution in [3.05, 3.63) is 86.3 Å². The zero-order valence-corrected chi connectivity index (χ0v) is 15.8. The Balaban J connectivity index is 2.08. The number of pyridine rings is 1. The maximum Gasteiger partial charge on any atom is 0.335 e. The number of carbonyl (C=O) groups excluding carboxylic acids is 1. The molecule has 0 aliphatic heterocycles. The van der Waals surface area contributed by atoms with Crippen molar-refractivity contribution < 1.29 is 9.90 Å². The number of hydrogen-bond acceptors (Lipinski definition) is 6. The fourth-order valence-electron chi connectivity index (χ4n) is 2.82. The molecule has 0 unspecified atom stereocenters. The average Bonchev–Trinajstić information content (AvgIpc) is 2.72. The zero-order chi connectivity index (χ0) is 21.0. The molecule has 1 aromatic carbocycles.